The first-order chi connectivity index (χ1) is 17.4. The first-order valence-corrected chi connectivity index (χ1v) is 13.8. The molecule has 11 heteroatoms. The van der Waals surface area contributed by atoms with E-state index in [-0.39, 0.29) is 17.1 Å². The van der Waals surface area contributed by atoms with Gasteiger partial charge >= 0.3 is 55.6 Å². The van der Waals surface area contributed by atoms with Crippen LogP contribution in [0.3, 0.4) is 0 Å². The van der Waals surface area contributed by atoms with Gasteiger partial charge in [-0.2, -0.15) is 0 Å². The zero-order chi connectivity index (χ0) is 28.3. The van der Waals surface area contributed by atoms with Gasteiger partial charge in [0.05, 0.1) is 0 Å². The maximum absolute atomic E-state index is 10.7. The molecule has 0 aromatic heterocycles. The van der Waals surface area contributed by atoms with E-state index in [2.05, 4.69) is 135 Å². The van der Waals surface area contributed by atoms with Crippen LogP contribution in [0.15, 0.2) is 115 Å². The van der Waals surface area contributed by atoms with E-state index in [0.29, 0.717) is 0 Å². The van der Waals surface area contributed by atoms with Gasteiger partial charge in [-0.15, -0.1) is 0 Å². The molecule has 4 rings (SSSR count). The summed E-state index contributed by atoms with van der Waals surface area (Å²) in [4.78, 5) is 0. The maximum atomic E-state index is 9.87. The minimum absolute atomic E-state index is 0. The van der Waals surface area contributed by atoms with E-state index in [9.17, 15) is 25.2 Å². The Balaban J connectivity index is 0. The van der Waals surface area contributed by atoms with E-state index in [4.69, 9.17) is 9.30 Å². The van der Waals surface area contributed by atoms with Crippen molar-refractivity contribution in [2.24, 2.45) is 0 Å². The molecule has 3 aromatic rings. The van der Waals surface area contributed by atoms with Crippen LogP contribution in [0, 0.1) is 19.7 Å². The molecule has 3 aromatic carbocycles. The van der Waals surface area contributed by atoms with Gasteiger partial charge in [-0.25, -0.2) is 0 Å². The van der Waals surface area contributed by atoms with Crippen molar-refractivity contribution in [3.63, 3.8) is 0 Å². The molecule has 1 aliphatic carbocycles. The first-order valence-electron chi connectivity index (χ1n) is 10.5. The molecule has 2 nitrogen and oxygen atoms in total. The van der Waals surface area contributed by atoms with E-state index >= 15 is 0 Å². The number of hydrogen-bond acceptors (Lipinski definition) is 0. The van der Waals surface area contributed by atoms with E-state index in [0.717, 1.165) is 0 Å². The molecule has 1 aliphatic rings. The average molecular weight is 612 g/mol. The second-order valence-corrected chi connectivity index (χ2v) is 11.1. The van der Waals surface area contributed by atoms with Crippen molar-refractivity contribution in [1.29, 1.82) is 0 Å². The zero-order valence-electron chi connectivity index (χ0n) is 19.8. The molecule has 0 bridgehead atoms. The molecule has 0 spiro atoms. The molecule has 0 fully saturated rings. The van der Waals surface area contributed by atoms with Crippen molar-refractivity contribution < 1.29 is 51.6 Å². The Morgan fingerprint density at radius 3 is 1.00 bits per heavy atom. The normalized spacial score (nSPS) is 13.2. The third kappa shape index (κ3) is 21.6. The molecule has 0 amide bonds. The van der Waals surface area contributed by atoms with Crippen molar-refractivity contribution in [1.82, 2.24) is 0 Å². The Labute approximate surface area is 230 Å². The standard InChI is InChI=1S/C18H15P.C7H9.2CO.F6P.Fe/c1-4-10-16(11-5-1)19(17-12-6-2-7-13-17)18-14-8-3-9-15-18;1-2-4-6-7-5-3-1;2*1-2;1-7(2,3,4,5)6;/h1-15H;1-5H,6-7H2;;;;/q;;;;-1;. The summed E-state index contributed by atoms with van der Waals surface area (Å²) in [5.74, 6) is 0. The fraction of sp³-hybridized carbons (Fsp3) is 0.0741. The van der Waals surface area contributed by atoms with Gasteiger partial charge in [0.15, 0.2) is 0 Å². The summed E-state index contributed by atoms with van der Waals surface area (Å²) in [7, 11) is -11.1. The zero-order valence-corrected chi connectivity index (χ0v) is 22.7. The molecule has 0 aliphatic heterocycles. The van der Waals surface area contributed by atoms with Crippen LogP contribution in [-0.4, -0.2) is 0 Å². The van der Waals surface area contributed by atoms with Gasteiger partial charge in [-0.3, -0.25) is 0 Å². The largest absolute Gasteiger partial charge is 0.0876 e. The van der Waals surface area contributed by atoms with Crippen molar-refractivity contribution in [2.75, 3.05) is 0 Å². The topological polar surface area (TPSA) is 39.8 Å². The minimum atomic E-state index is -10.7. The monoisotopic (exact) mass is 612 g/mol. The van der Waals surface area contributed by atoms with E-state index in [1.165, 1.54) is 28.8 Å². The number of halogens is 6. The first kappa shape index (κ1) is 37.7. The maximum Gasteiger partial charge on any atom is 0.00441 e. The van der Waals surface area contributed by atoms with Gasteiger partial charge in [0.2, 0.25) is 0 Å². The second kappa shape index (κ2) is 18.0. The predicted molar refractivity (Wildman–Crippen MR) is 138 cm³/mol. The van der Waals surface area contributed by atoms with Crippen molar-refractivity contribution >= 4 is 31.6 Å². The van der Waals surface area contributed by atoms with Crippen molar-refractivity contribution in [3.05, 3.63) is 135 Å². The van der Waals surface area contributed by atoms with Crippen LogP contribution in [-0.2, 0) is 26.4 Å². The second-order valence-electron chi connectivity index (χ2n) is 6.93. The fourth-order valence-corrected chi connectivity index (χ4v) is 5.09. The van der Waals surface area contributed by atoms with Crippen LogP contribution in [0.1, 0.15) is 12.8 Å². The molecule has 0 saturated heterocycles. The van der Waals surface area contributed by atoms with Crippen LogP contribution < -0.4 is 15.9 Å². The quantitative estimate of drug-likeness (QED) is 0.0933. The Morgan fingerprint density at radius 1 is 0.526 bits per heavy atom. The van der Waals surface area contributed by atoms with Crippen molar-refractivity contribution in [2.45, 2.75) is 12.8 Å². The minimum Gasteiger partial charge on any atom is -0.0876 e. The average Bonchev–Trinajstić information content (AvgIpc) is 3.21. The Bertz CT molecular complexity index is 998. The van der Waals surface area contributed by atoms with Crippen LogP contribution in [0.25, 0.3) is 0 Å². The summed E-state index contributed by atoms with van der Waals surface area (Å²) in [5.41, 5.74) is 0. The summed E-state index contributed by atoms with van der Waals surface area (Å²) in [6.07, 6.45) is 13.0. The van der Waals surface area contributed by atoms with Crippen molar-refractivity contribution in [3.8, 4) is 0 Å². The number of benzene rings is 3. The molecule has 38 heavy (non-hydrogen) atoms. The number of allylic oxidation sites excluding steroid dienone is 4. The predicted octanol–water partition coefficient (Wildman–Crippen LogP) is 8.85. The smallest absolute Gasteiger partial charge is 0.00441 e. The molecular formula is C27H24F6FeO2P2-. The molecule has 0 saturated carbocycles. The van der Waals surface area contributed by atoms with Crippen LogP contribution in [0.4, 0.5) is 25.2 Å². The summed E-state index contributed by atoms with van der Waals surface area (Å²) in [6.45, 7) is 9.00. The number of hydrogen-bond donors (Lipinski definition) is 0. The molecule has 0 N–H and O–H groups in total. The Morgan fingerprint density at radius 2 is 0.763 bits per heavy atom. The molecule has 1 radical (unpaired) electrons. The summed E-state index contributed by atoms with van der Waals surface area (Å²) >= 11 is 0. The molecule has 0 unspecified atom stereocenters. The molecule has 0 atom stereocenters. The summed E-state index contributed by atoms with van der Waals surface area (Å²) in [5, 5.41) is 4.19. The van der Waals surface area contributed by atoms with Crippen LogP contribution >= 0.6 is 15.7 Å². The van der Waals surface area contributed by atoms with Gasteiger partial charge in [0.1, 0.15) is 0 Å². The SMILES string of the molecule is F[P-](F)(F)(F)(F)F.[C-]#[O+].[C-]#[O+].[CH]1C=CCCC=C1.[Fe].c1ccc(P(c2ccccc2)c2ccccc2)cc1. The van der Waals surface area contributed by atoms with E-state index < -0.39 is 15.7 Å². The third-order valence-corrected chi connectivity index (χ3v) is 6.48. The molecular weight excluding hydrogens is 588 g/mol. The Hall–Kier alpha value is -2.42. The van der Waals surface area contributed by atoms with Gasteiger partial charge < -0.3 is 0 Å². The Kier molecular flexibility index (Phi) is 17.8. The van der Waals surface area contributed by atoms with Gasteiger partial charge in [-0.1, -0.05) is 115 Å². The third-order valence-electron chi connectivity index (χ3n) is 4.04. The van der Waals surface area contributed by atoms with Gasteiger partial charge in [-0.05, 0) is 36.7 Å². The molecule has 0 heterocycles. The fourth-order valence-electron chi connectivity index (χ4n) is 2.78. The number of rotatable bonds is 3. The van der Waals surface area contributed by atoms with Crippen LogP contribution in [0.2, 0.25) is 0 Å². The van der Waals surface area contributed by atoms with E-state index in [1.54, 1.807) is 0 Å². The summed E-state index contributed by atoms with van der Waals surface area (Å²) in [6, 6.07) is 32.3. The van der Waals surface area contributed by atoms with Crippen LogP contribution in [0.5, 0.6) is 0 Å². The molecule has 205 valence electrons. The summed E-state index contributed by atoms with van der Waals surface area (Å²) < 4.78 is 74.2. The van der Waals surface area contributed by atoms with Gasteiger partial charge in [0.25, 0.3) is 0 Å². The van der Waals surface area contributed by atoms with E-state index in [1.807, 2.05) is 0 Å². The van der Waals surface area contributed by atoms with Gasteiger partial charge in [0, 0.05) is 23.5 Å².